The zero-order chi connectivity index (χ0) is 19.7. The molecule has 3 nitrogen and oxygen atoms in total. The molecule has 156 valence electrons. The number of carbonyl (C=O) groups excluding carboxylic acids is 1. The Morgan fingerprint density at radius 2 is 1.79 bits per heavy atom. The lowest BCUT2D eigenvalue weighted by Crippen LogP contribution is -2.49. The molecule has 1 fully saturated rings. The van der Waals surface area contributed by atoms with Gasteiger partial charge >= 0.3 is 0 Å². The summed E-state index contributed by atoms with van der Waals surface area (Å²) in [7, 11) is 0. The van der Waals surface area contributed by atoms with Crippen LogP contribution >= 0.6 is 35.6 Å². The maximum Gasteiger partial charge on any atom is 0.227 e. The van der Waals surface area contributed by atoms with Crippen molar-refractivity contribution in [3.05, 3.63) is 69.2 Å². The van der Waals surface area contributed by atoms with Crippen LogP contribution < -0.4 is 0 Å². The number of hydrogen-bond donors (Lipinski definition) is 0. The standard InChI is InChI=1S/C23H26Cl2N2O.ClH/c1-16-12-18-6-2-3-7-19(18)22(15-26-10-4-5-11-26)27(16)23(28)14-17-8-9-20(24)21(25)13-17;/h2-3,6-9,13,16,22H,4-5,10-12,14-15H2,1H3;1H/t16-,22+;/m1./s1. The van der Waals surface area contributed by atoms with Crippen molar-refractivity contribution in [3.63, 3.8) is 0 Å². The fourth-order valence-electron chi connectivity index (χ4n) is 4.65. The van der Waals surface area contributed by atoms with Crippen molar-refractivity contribution in [3.8, 4) is 0 Å². The predicted octanol–water partition coefficient (Wildman–Crippen LogP) is 5.57. The zero-order valence-corrected chi connectivity index (χ0v) is 18.9. The molecule has 0 bridgehead atoms. The molecular weight excluding hydrogens is 427 g/mol. The van der Waals surface area contributed by atoms with Gasteiger partial charge in [0.05, 0.1) is 22.5 Å². The lowest BCUT2D eigenvalue weighted by molar-refractivity contribution is -0.136. The summed E-state index contributed by atoms with van der Waals surface area (Å²) in [5.41, 5.74) is 3.58. The van der Waals surface area contributed by atoms with Crippen LogP contribution in [0.5, 0.6) is 0 Å². The number of amides is 1. The van der Waals surface area contributed by atoms with Crippen LogP contribution in [0, 0.1) is 0 Å². The van der Waals surface area contributed by atoms with Gasteiger partial charge in [0, 0.05) is 12.6 Å². The smallest absolute Gasteiger partial charge is 0.227 e. The highest BCUT2D eigenvalue weighted by Gasteiger charge is 2.36. The van der Waals surface area contributed by atoms with Gasteiger partial charge in [-0.3, -0.25) is 4.79 Å². The number of benzene rings is 2. The second-order valence-electron chi connectivity index (χ2n) is 8.00. The monoisotopic (exact) mass is 452 g/mol. The van der Waals surface area contributed by atoms with Crippen LogP contribution in [0.1, 0.15) is 42.5 Å². The van der Waals surface area contributed by atoms with E-state index < -0.39 is 0 Å². The number of carbonyl (C=O) groups is 1. The second-order valence-corrected chi connectivity index (χ2v) is 8.82. The summed E-state index contributed by atoms with van der Waals surface area (Å²) in [5.74, 6) is 0.157. The van der Waals surface area contributed by atoms with Gasteiger partial charge in [0.2, 0.25) is 5.91 Å². The molecule has 0 aliphatic carbocycles. The molecule has 29 heavy (non-hydrogen) atoms. The van der Waals surface area contributed by atoms with Gasteiger partial charge in [0.1, 0.15) is 0 Å². The molecule has 0 spiro atoms. The van der Waals surface area contributed by atoms with Crippen LogP contribution in [0.2, 0.25) is 10.0 Å². The first-order valence-corrected chi connectivity index (χ1v) is 10.8. The molecule has 2 aromatic carbocycles. The van der Waals surface area contributed by atoms with Crippen LogP contribution in [0.3, 0.4) is 0 Å². The molecule has 2 aliphatic rings. The molecular formula is C23H27Cl3N2O. The van der Waals surface area contributed by atoms with Crippen molar-refractivity contribution < 1.29 is 4.79 Å². The van der Waals surface area contributed by atoms with E-state index in [2.05, 4.69) is 41.0 Å². The largest absolute Gasteiger partial charge is 0.331 e. The molecule has 1 amide bonds. The predicted molar refractivity (Wildman–Crippen MR) is 122 cm³/mol. The Kier molecular flexibility index (Phi) is 7.50. The number of rotatable bonds is 4. The lowest BCUT2D eigenvalue weighted by Gasteiger charge is -2.43. The molecule has 4 rings (SSSR count). The van der Waals surface area contributed by atoms with Crippen molar-refractivity contribution in [2.45, 2.75) is 44.7 Å². The Bertz CT molecular complexity index is 867. The number of fused-ring (bicyclic) bond motifs is 1. The molecule has 2 aliphatic heterocycles. The van der Waals surface area contributed by atoms with Crippen LogP contribution in [-0.4, -0.2) is 41.4 Å². The summed E-state index contributed by atoms with van der Waals surface area (Å²) in [6, 6.07) is 14.4. The normalized spacial score (nSPS) is 21.6. The van der Waals surface area contributed by atoms with Crippen molar-refractivity contribution in [1.82, 2.24) is 9.80 Å². The highest BCUT2D eigenvalue weighted by molar-refractivity contribution is 6.42. The highest BCUT2D eigenvalue weighted by Crippen LogP contribution is 2.35. The number of nitrogens with zero attached hydrogens (tertiary/aromatic N) is 2. The molecule has 2 heterocycles. The molecule has 0 radical (unpaired) electrons. The maximum absolute atomic E-state index is 13.4. The van der Waals surface area contributed by atoms with Gasteiger partial charge in [-0.1, -0.05) is 53.5 Å². The van der Waals surface area contributed by atoms with Crippen LogP contribution in [0.4, 0.5) is 0 Å². The molecule has 0 saturated carbocycles. The Morgan fingerprint density at radius 3 is 2.52 bits per heavy atom. The molecule has 2 aromatic rings. The summed E-state index contributed by atoms with van der Waals surface area (Å²) in [6.07, 6.45) is 3.75. The highest BCUT2D eigenvalue weighted by atomic mass is 35.5. The van der Waals surface area contributed by atoms with E-state index in [-0.39, 0.29) is 30.4 Å². The van der Waals surface area contributed by atoms with Crippen molar-refractivity contribution in [2.24, 2.45) is 0 Å². The summed E-state index contributed by atoms with van der Waals surface area (Å²) < 4.78 is 0. The zero-order valence-electron chi connectivity index (χ0n) is 16.6. The summed E-state index contributed by atoms with van der Waals surface area (Å²) >= 11 is 12.2. The third kappa shape index (κ3) is 4.91. The van der Waals surface area contributed by atoms with E-state index in [4.69, 9.17) is 23.2 Å². The summed E-state index contributed by atoms with van der Waals surface area (Å²) in [6.45, 7) is 5.33. The maximum atomic E-state index is 13.4. The Morgan fingerprint density at radius 1 is 1.07 bits per heavy atom. The van der Waals surface area contributed by atoms with Crippen molar-refractivity contribution in [1.29, 1.82) is 0 Å². The van der Waals surface area contributed by atoms with Gasteiger partial charge in [-0.05, 0) is 68.1 Å². The SMILES string of the molecule is C[C@@H]1Cc2ccccc2[C@H](CN2CCCC2)N1C(=O)Cc1ccc(Cl)c(Cl)c1.Cl. The molecule has 2 atom stereocenters. The molecule has 1 saturated heterocycles. The van der Waals surface area contributed by atoms with Crippen molar-refractivity contribution in [2.75, 3.05) is 19.6 Å². The summed E-state index contributed by atoms with van der Waals surface area (Å²) in [5, 5.41) is 1.02. The van der Waals surface area contributed by atoms with E-state index in [9.17, 15) is 4.79 Å². The van der Waals surface area contributed by atoms with E-state index in [1.165, 1.54) is 24.0 Å². The number of hydrogen-bond acceptors (Lipinski definition) is 2. The Labute approximate surface area is 189 Å². The second kappa shape index (κ2) is 9.70. The van der Waals surface area contributed by atoms with E-state index in [0.29, 0.717) is 16.5 Å². The van der Waals surface area contributed by atoms with Crippen molar-refractivity contribution >= 4 is 41.5 Å². The summed E-state index contributed by atoms with van der Waals surface area (Å²) in [4.78, 5) is 18.0. The van der Waals surface area contributed by atoms with E-state index in [1.807, 2.05) is 6.07 Å². The van der Waals surface area contributed by atoms with E-state index in [0.717, 1.165) is 31.6 Å². The average Bonchev–Trinajstić information content (AvgIpc) is 3.18. The minimum atomic E-state index is 0. The van der Waals surface area contributed by atoms with Gasteiger partial charge in [0.25, 0.3) is 0 Å². The van der Waals surface area contributed by atoms with E-state index in [1.54, 1.807) is 12.1 Å². The van der Waals surface area contributed by atoms with Gasteiger partial charge < -0.3 is 9.80 Å². The average molecular weight is 454 g/mol. The van der Waals surface area contributed by atoms with E-state index >= 15 is 0 Å². The molecule has 6 heteroatoms. The number of likely N-dealkylation sites (tertiary alicyclic amines) is 1. The van der Waals surface area contributed by atoms with Crippen LogP contribution in [0.15, 0.2) is 42.5 Å². The minimum Gasteiger partial charge on any atom is -0.331 e. The fourth-order valence-corrected chi connectivity index (χ4v) is 4.97. The quantitative estimate of drug-likeness (QED) is 0.604. The minimum absolute atomic E-state index is 0. The van der Waals surface area contributed by atoms with Gasteiger partial charge in [0.15, 0.2) is 0 Å². The third-order valence-corrected chi connectivity index (χ3v) is 6.74. The molecule has 0 N–H and O–H groups in total. The third-order valence-electron chi connectivity index (χ3n) is 6.00. The number of halogens is 3. The first kappa shape index (κ1) is 22.4. The van der Waals surface area contributed by atoms with Crippen LogP contribution in [0.25, 0.3) is 0 Å². The molecule has 0 unspecified atom stereocenters. The topological polar surface area (TPSA) is 23.6 Å². The van der Waals surface area contributed by atoms with Gasteiger partial charge in [-0.2, -0.15) is 0 Å². The molecule has 0 aromatic heterocycles. The Hall–Kier alpha value is -1.26. The lowest BCUT2D eigenvalue weighted by atomic mass is 9.87. The van der Waals surface area contributed by atoms with Crippen LogP contribution in [-0.2, 0) is 17.6 Å². The first-order chi connectivity index (χ1) is 13.5. The Balaban J connectivity index is 0.00000240. The van der Waals surface area contributed by atoms with Gasteiger partial charge in [-0.25, -0.2) is 0 Å². The van der Waals surface area contributed by atoms with Gasteiger partial charge in [-0.15, -0.1) is 12.4 Å². The first-order valence-electron chi connectivity index (χ1n) is 10.1. The fraction of sp³-hybridized carbons (Fsp3) is 0.435.